The molecule has 126 valence electrons. The van der Waals surface area contributed by atoms with Gasteiger partial charge in [0.25, 0.3) is 5.91 Å². The summed E-state index contributed by atoms with van der Waals surface area (Å²) in [4.78, 5) is 16.4. The predicted molar refractivity (Wildman–Crippen MR) is 101 cm³/mol. The number of halogens is 1. The lowest BCUT2D eigenvalue weighted by Crippen LogP contribution is -2.26. The number of hydrogen-bond acceptors (Lipinski definition) is 3. The van der Waals surface area contributed by atoms with Crippen molar-refractivity contribution in [2.24, 2.45) is 0 Å². The summed E-state index contributed by atoms with van der Waals surface area (Å²) in [7, 11) is 0. The zero-order valence-electron chi connectivity index (χ0n) is 13.6. The van der Waals surface area contributed by atoms with E-state index in [1.54, 1.807) is 12.3 Å². The molecular weight excluding hydrogens is 334 g/mol. The first-order chi connectivity index (χ1) is 12.2. The number of para-hydroxylation sites is 1. The van der Waals surface area contributed by atoms with E-state index in [0.717, 1.165) is 16.9 Å². The Kier molecular flexibility index (Phi) is 5.65. The number of nitrogens with zero attached hydrogens (tertiary/aromatic N) is 1. The van der Waals surface area contributed by atoms with Gasteiger partial charge in [-0.25, -0.2) is 0 Å². The quantitative estimate of drug-likeness (QED) is 0.689. The van der Waals surface area contributed by atoms with Crippen LogP contribution < -0.4 is 10.6 Å². The molecule has 0 aliphatic heterocycles. The number of carbonyl (C=O) groups is 1. The summed E-state index contributed by atoms with van der Waals surface area (Å²) in [6.07, 6.45) is 2.34. The summed E-state index contributed by atoms with van der Waals surface area (Å²) in [5.74, 6) is -0.196. The number of carbonyl (C=O) groups excluding carboxylic acids is 1. The summed E-state index contributed by atoms with van der Waals surface area (Å²) in [5.41, 5.74) is 3.24. The summed E-state index contributed by atoms with van der Waals surface area (Å²) in [6, 6.07) is 21.0. The highest BCUT2D eigenvalue weighted by atomic mass is 35.5. The van der Waals surface area contributed by atoms with Crippen LogP contribution in [-0.4, -0.2) is 17.4 Å². The van der Waals surface area contributed by atoms with E-state index >= 15 is 0 Å². The van der Waals surface area contributed by atoms with Gasteiger partial charge in [-0.3, -0.25) is 9.78 Å². The number of aromatic nitrogens is 1. The van der Waals surface area contributed by atoms with Crippen LogP contribution in [0.5, 0.6) is 0 Å². The van der Waals surface area contributed by atoms with E-state index in [1.807, 2.05) is 60.7 Å². The van der Waals surface area contributed by atoms with E-state index in [2.05, 4.69) is 15.6 Å². The number of nitrogens with one attached hydrogen (secondary N) is 2. The van der Waals surface area contributed by atoms with Crippen LogP contribution in [0.3, 0.4) is 0 Å². The molecule has 3 aromatic rings. The lowest BCUT2D eigenvalue weighted by atomic mass is 10.1. The lowest BCUT2D eigenvalue weighted by molar-refractivity contribution is 0.0949. The van der Waals surface area contributed by atoms with Crippen LogP contribution in [0.25, 0.3) is 0 Å². The van der Waals surface area contributed by atoms with Crippen molar-refractivity contribution in [1.29, 1.82) is 0 Å². The average Bonchev–Trinajstić information content (AvgIpc) is 2.63. The second-order valence-electron chi connectivity index (χ2n) is 5.56. The van der Waals surface area contributed by atoms with Gasteiger partial charge < -0.3 is 10.6 Å². The molecule has 0 saturated heterocycles. The van der Waals surface area contributed by atoms with Crippen molar-refractivity contribution in [2.75, 3.05) is 11.9 Å². The summed E-state index contributed by atoms with van der Waals surface area (Å²) in [6.45, 7) is 0.525. The van der Waals surface area contributed by atoms with E-state index in [1.165, 1.54) is 0 Å². The molecule has 0 bridgehead atoms. The standard InChI is InChI=1S/C20H18ClN3O/c21-16-6-4-5-15(13-16)9-11-23-20(25)19-14-18(10-12-22-19)24-17-7-2-1-3-8-17/h1-8,10,12-14H,9,11H2,(H,22,24)(H,23,25). The first kappa shape index (κ1) is 17.0. The van der Waals surface area contributed by atoms with Crippen molar-refractivity contribution < 1.29 is 4.79 Å². The average molecular weight is 352 g/mol. The van der Waals surface area contributed by atoms with E-state index in [9.17, 15) is 4.79 Å². The topological polar surface area (TPSA) is 54.0 Å². The van der Waals surface area contributed by atoms with E-state index in [-0.39, 0.29) is 5.91 Å². The maximum Gasteiger partial charge on any atom is 0.269 e. The summed E-state index contributed by atoms with van der Waals surface area (Å²) < 4.78 is 0. The Morgan fingerprint density at radius 1 is 0.960 bits per heavy atom. The van der Waals surface area contributed by atoms with Crippen molar-refractivity contribution in [3.05, 3.63) is 89.2 Å². The van der Waals surface area contributed by atoms with Crippen LogP contribution >= 0.6 is 11.6 Å². The van der Waals surface area contributed by atoms with Gasteiger partial charge in [0.05, 0.1) is 0 Å². The van der Waals surface area contributed by atoms with E-state index < -0.39 is 0 Å². The number of hydrogen-bond donors (Lipinski definition) is 2. The zero-order chi connectivity index (χ0) is 17.5. The number of anilines is 2. The minimum atomic E-state index is -0.196. The molecule has 0 unspecified atom stereocenters. The Hall–Kier alpha value is -2.85. The van der Waals surface area contributed by atoms with Crippen molar-refractivity contribution in [3.63, 3.8) is 0 Å². The molecule has 0 aliphatic rings. The van der Waals surface area contributed by atoms with Gasteiger partial charge >= 0.3 is 0 Å². The molecule has 2 N–H and O–H groups in total. The third-order valence-electron chi connectivity index (χ3n) is 3.64. The molecule has 0 fully saturated rings. The minimum absolute atomic E-state index is 0.196. The van der Waals surface area contributed by atoms with E-state index in [0.29, 0.717) is 23.7 Å². The van der Waals surface area contributed by atoms with Crippen molar-refractivity contribution in [3.8, 4) is 0 Å². The van der Waals surface area contributed by atoms with Crippen LogP contribution in [0.15, 0.2) is 72.9 Å². The van der Waals surface area contributed by atoms with Crippen LogP contribution in [-0.2, 0) is 6.42 Å². The third-order valence-corrected chi connectivity index (χ3v) is 3.88. The van der Waals surface area contributed by atoms with E-state index in [4.69, 9.17) is 11.6 Å². The lowest BCUT2D eigenvalue weighted by Gasteiger charge is -2.08. The second-order valence-corrected chi connectivity index (χ2v) is 5.99. The monoisotopic (exact) mass is 351 g/mol. The van der Waals surface area contributed by atoms with Crippen molar-refractivity contribution >= 4 is 28.9 Å². The fourth-order valence-electron chi connectivity index (χ4n) is 2.42. The Bertz CT molecular complexity index is 852. The molecule has 5 heteroatoms. The molecule has 1 heterocycles. The largest absolute Gasteiger partial charge is 0.355 e. The smallest absolute Gasteiger partial charge is 0.269 e. The Morgan fingerprint density at radius 2 is 1.80 bits per heavy atom. The SMILES string of the molecule is O=C(NCCc1cccc(Cl)c1)c1cc(Nc2ccccc2)ccn1. The maximum atomic E-state index is 12.3. The fourth-order valence-corrected chi connectivity index (χ4v) is 2.64. The van der Waals surface area contributed by atoms with Gasteiger partial charge in [0.2, 0.25) is 0 Å². The first-order valence-corrected chi connectivity index (χ1v) is 8.39. The van der Waals surface area contributed by atoms with Crippen molar-refractivity contribution in [2.45, 2.75) is 6.42 Å². The Balaban J connectivity index is 1.57. The normalized spacial score (nSPS) is 10.3. The number of rotatable bonds is 6. The minimum Gasteiger partial charge on any atom is -0.355 e. The van der Waals surface area contributed by atoms with Gasteiger partial charge in [0, 0.05) is 29.1 Å². The van der Waals surface area contributed by atoms with Crippen LogP contribution in [0, 0.1) is 0 Å². The molecular formula is C20H18ClN3O. The fraction of sp³-hybridized carbons (Fsp3) is 0.100. The molecule has 2 aromatic carbocycles. The number of pyridine rings is 1. The van der Waals surface area contributed by atoms with Crippen LogP contribution in [0.2, 0.25) is 5.02 Å². The molecule has 1 amide bonds. The highest BCUT2D eigenvalue weighted by Crippen LogP contribution is 2.16. The molecule has 25 heavy (non-hydrogen) atoms. The molecule has 0 aliphatic carbocycles. The summed E-state index contributed by atoms with van der Waals surface area (Å²) >= 11 is 5.96. The highest BCUT2D eigenvalue weighted by Gasteiger charge is 2.08. The Morgan fingerprint density at radius 3 is 2.60 bits per heavy atom. The summed E-state index contributed by atoms with van der Waals surface area (Å²) in [5, 5.41) is 6.84. The van der Waals surface area contributed by atoms with Crippen LogP contribution in [0.1, 0.15) is 16.1 Å². The molecule has 0 spiro atoms. The molecule has 0 radical (unpaired) electrons. The van der Waals surface area contributed by atoms with Gasteiger partial charge in [-0.1, -0.05) is 41.9 Å². The number of benzene rings is 2. The van der Waals surface area contributed by atoms with Gasteiger partial charge in [-0.15, -0.1) is 0 Å². The Labute approximate surface area is 151 Å². The number of amides is 1. The maximum absolute atomic E-state index is 12.3. The van der Waals surface area contributed by atoms with Crippen LogP contribution in [0.4, 0.5) is 11.4 Å². The molecule has 0 saturated carbocycles. The molecule has 1 aromatic heterocycles. The van der Waals surface area contributed by atoms with Gasteiger partial charge in [0.15, 0.2) is 0 Å². The third kappa shape index (κ3) is 5.06. The second kappa shape index (κ2) is 8.31. The van der Waals surface area contributed by atoms with Gasteiger partial charge in [-0.05, 0) is 48.4 Å². The zero-order valence-corrected chi connectivity index (χ0v) is 14.3. The highest BCUT2D eigenvalue weighted by molar-refractivity contribution is 6.30. The molecule has 4 nitrogen and oxygen atoms in total. The van der Waals surface area contributed by atoms with Gasteiger partial charge in [-0.2, -0.15) is 0 Å². The first-order valence-electron chi connectivity index (χ1n) is 8.01. The predicted octanol–water partition coefficient (Wildman–Crippen LogP) is 4.45. The van der Waals surface area contributed by atoms with Crippen molar-refractivity contribution in [1.82, 2.24) is 10.3 Å². The van der Waals surface area contributed by atoms with Gasteiger partial charge in [0.1, 0.15) is 5.69 Å². The molecule has 0 atom stereocenters. The molecule has 3 rings (SSSR count).